The Morgan fingerprint density at radius 1 is 1.19 bits per heavy atom. The molecule has 0 radical (unpaired) electrons. The minimum absolute atomic E-state index is 0.117. The molecule has 0 atom stereocenters. The maximum Gasteiger partial charge on any atom is 0.265 e. The van der Waals surface area contributed by atoms with Crippen LogP contribution in [-0.4, -0.2) is 25.0 Å². The molecule has 0 saturated carbocycles. The van der Waals surface area contributed by atoms with Crippen LogP contribution in [-0.2, 0) is 9.63 Å². The lowest BCUT2D eigenvalue weighted by Gasteiger charge is -2.04. The molecule has 0 unspecified atom stereocenters. The van der Waals surface area contributed by atoms with Crippen molar-refractivity contribution in [2.24, 2.45) is 5.16 Å². The summed E-state index contributed by atoms with van der Waals surface area (Å²) < 4.78 is 0. The van der Waals surface area contributed by atoms with Crippen molar-refractivity contribution in [2.75, 3.05) is 18.2 Å². The van der Waals surface area contributed by atoms with Gasteiger partial charge in [0.15, 0.2) is 6.61 Å². The van der Waals surface area contributed by atoms with Gasteiger partial charge in [-0.05, 0) is 36.1 Å². The third-order valence-electron chi connectivity index (χ3n) is 2.65. The zero-order valence-corrected chi connectivity index (χ0v) is 12.5. The Hall–Kier alpha value is -2.27. The quantitative estimate of drug-likeness (QED) is 0.505. The number of benzene rings is 2. The highest BCUT2D eigenvalue weighted by Crippen LogP contribution is 2.17. The number of hydrogen-bond acceptors (Lipinski definition) is 4. The van der Waals surface area contributed by atoms with Crippen LogP contribution in [0.1, 0.15) is 5.56 Å². The van der Waals surface area contributed by atoms with Gasteiger partial charge in [-0.1, -0.05) is 35.5 Å². The largest absolute Gasteiger partial charge is 0.386 e. The Morgan fingerprint density at radius 3 is 2.57 bits per heavy atom. The fourth-order valence-electron chi connectivity index (χ4n) is 1.60. The van der Waals surface area contributed by atoms with E-state index >= 15 is 0 Å². The standard InChI is InChI=1S/C16H16N2O2S/c1-21-15-9-7-14(8-10-15)18-16(19)12-20-17-11-13-5-3-2-4-6-13/h2-11H,12H2,1H3,(H,18,19)/b17-11+. The normalized spacial score (nSPS) is 10.5. The molecule has 21 heavy (non-hydrogen) atoms. The number of nitrogens with zero attached hydrogens (tertiary/aromatic N) is 1. The van der Waals surface area contributed by atoms with Crippen molar-refractivity contribution < 1.29 is 9.63 Å². The van der Waals surface area contributed by atoms with Crippen LogP contribution in [0.15, 0.2) is 64.6 Å². The van der Waals surface area contributed by atoms with Gasteiger partial charge >= 0.3 is 0 Å². The van der Waals surface area contributed by atoms with Gasteiger partial charge < -0.3 is 10.2 Å². The van der Waals surface area contributed by atoms with E-state index in [4.69, 9.17) is 4.84 Å². The van der Waals surface area contributed by atoms with Gasteiger partial charge in [0.25, 0.3) is 5.91 Å². The topological polar surface area (TPSA) is 50.7 Å². The van der Waals surface area contributed by atoms with Crippen LogP contribution in [0.4, 0.5) is 5.69 Å². The summed E-state index contributed by atoms with van der Waals surface area (Å²) in [5, 5.41) is 6.51. The molecule has 0 heterocycles. The van der Waals surface area contributed by atoms with Crippen LogP contribution in [0.2, 0.25) is 0 Å². The number of amides is 1. The minimum Gasteiger partial charge on any atom is -0.386 e. The minimum atomic E-state index is -0.239. The fraction of sp³-hybridized carbons (Fsp3) is 0.125. The third-order valence-corrected chi connectivity index (χ3v) is 3.39. The summed E-state index contributed by atoms with van der Waals surface area (Å²) in [7, 11) is 0. The van der Waals surface area contributed by atoms with Crippen molar-refractivity contribution in [3.05, 3.63) is 60.2 Å². The second kappa shape index (κ2) is 8.11. The highest BCUT2D eigenvalue weighted by atomic mass is 32.2. The summed E-state index contributed by atoms with van der Waals surface area (Å²) in [6.07, 6.45) is 3.58. The zero-order chi connectivity index (χ0) is 14.9. The first-order valence-electron chi connectivity index (χ1n) is 6.42. The number of carbonyl (C=O) groups excluding carboxylic acids is 1. The second-order valence-corrected chi connectivity index (χ2v) is 5.07. The van der Waals surface area contributed by atoms with E-state index in [1.807, 2.05) is 60.9 Å². The van der Waals surface area contributed by atoms with Crippen molar-refractivity contribution in [1.82, 2.24) is 0 Å². The Morgan fingerprint density at radius 2 is 1.90 bits per heavy atom. The van der Waals surface area contributed by atoms with Crippen LogP contribution in [0.3, 0.4) is 0 Å². The molecular formula is C16H16N2O2S. The summed E-state index contributed by atoms with van der Waals surface area (Å²) in [5.41, 5.74) is 1.67. The van der Waals surface area contributed by atoms with E-state index in [1.54, 1.807) is 18.0 Å². The molecule has 0 aliphatic rings. The number of thioether (sulfide) groups is 1. The molecule has 1 amide bonds. The Balaban J connectivity index is 1.75. The molecule has 2 aromatic rings. The lowest BCUT2D eigenvalue weighted by molar-refractivity contribution is -0.120. The van der Waals surface area contributed by atoms with Crippen LogP contribution < -0.4 is 5.32 Å². The highest BCUT2D eigenvalue weighted by Gasteiger charge is 2.02. The molecule has 0 spiro atoms. The van der Waals surface area contributed by atoms with Crippen molar-refractivity contribution in [1.29, 1.82) is 0 Å². The maximum absolute atomic E-state index is 11.7. The van der Waals surface area contributed by atoms with Gasteiger partial charge in [-0.25, -0.2) is 0 Å². The number of nitrogens with one attached hydrogen (secondary N) is 1. The van der Waals surface area contributed by atoms with E-state index in [0.717, 1.165) is 16.1 Å². The lowest BCUT2D eigenvalue weighted by Crippen LogP contribution is -2.16. The number of rotatable bonds is 6. The summed E-state index contributed by atoms with van der Waals surface area (Å²) in [5.74, 6) is -0.239. The molecule has 0 fully saturated rings. The van der Waals surface area contributed by atoms with Crippen LogP contribution in [0.5, 0.6) is 0 Å². The summed E-state index contributed by atoms with van der Waals surface area (Å²) in [6, 6.07) is 17.2. The van der Waals surface area contributed by atoms with E-state index in [2.05, 4.69) is 10.5 Å². The number of carbonyl (C=O) groups is 1. The van der Waals surface area contributed by atoms with Gasteiger partial charge in [-0.3, -0.25) is 4.79 Å². The molecule has 0 saturated heterocycles. The monoisotopic (exact) mass is 300 g/mol. The van der Waals surface area contributed by atoms with Gasteiger partial charge in [0, 0.05) is 10.6 Å². The van der Waals surface area contributed by atoms with E-state index in [0.29, 0.717) is 0 Å². The first-order chi connectivity index (χ1) is 10.3. The van der Waals surface area contributed by atoms with Crippen molar-refractivity contribution >= 4 is 29.6 Å². The molecule has 2 aromatic carbocycles. The summed E-state index contributed by atoms with van der Waals surface area (Å²) >= 11 is 1.65. The molecule has 2 rings (SSSR count). The zero-order valence-electron chi connectivity index (χ0n) is 11.7. The molecular weight excluding hydrogens is 284 g/mol. The highest BCUT2D eigenvalue weighted by molar-refractivity contribution is 7.98. The Bertz CT molecular complexity index is 597. The Kier molecular flexibility index (Phi) is 5.84. The molecule has 4 nitrogen and oxygen atoms in total. The summed E-state index contributed by atoms with van der Waals surface area (Å²) in [4.78, 5) is 17.8. The number of oxime groups is 1. The van der Waals surface area contributed by atoms with Gasteiger partial charge in [-0.15, -0.1) is 11.8 Å². The van der Waals surface area contributed by atoms with Crippen molar-refractivity contribution in [3.63, 3.8) is 0 Å². The van der Waals surface area contributed by atoms with Crippen molar-refractivity contribution in [3.8, 4) is 0 Å². The molecule has 108 valence electrons. The summed E-state index contributed by atoms with van der Waals surface area (Å²) in [6.45, 7) is -0.117. The van der Waals surface area contributed by atoms with E-state index in [1.165, 1.54) is 0 Å². The van der Waals surface area contributed by atoms with Gasteiger partial charge in [-0.2, -0.15) is 0 Å². The average Bonchev–Trinajstić information content (AvgIpc) is 2.53. The van der Waals surface area contributed by atoms with E-state index < -0.39 is 0 Å². The molecule has 5 heteroatoms. The second-order valence-electron chi connectivity index (χ2n) is 4.20. The van der Waals surface area contributed by atoms with Crippen LogP contribution in [0.25, 0.3) is 0 Å². The number of anilines is 1. The maximum atomic E-state index is 11.7. The first-order valence-corrected chi connectivity index (χ1v) is 7.64. The third kappa shape index (κ3) is 5.31. The van der Waals surface area contributed by atoms with Crippen LogP contribution in [0, 0.1) is 0 Å². The SMILES string of the molecule is CSc1ccc(NC(=O)CO/N=C/c2ccccc2)cc1. The first kappa shape index (κ1) is 15.1. The van der Waals surface area contributed by atoms with E-state index in [-0.39, 0.29) is 12.5 Å². The van der Waals surface area contributed by atoms with Gasteiger partial charge in [0.05, 0.1) is 6.21 Å². The molecule has 0 aliphatic heterocycles. The molecule has 0 aliphatic carbocycles. The predicted octanol–water partition coefficient (Wildman–Crippen LogP) is 3.40. The lowest BCUT2D eigenvalue weighted by atomic mass is 10.2. The molecule has 0 bridgehead atoms. The Labute approximate surface area is 128 Å². The molecule has 1 N–H and O–H groups in total. The van der Waals surface area contributed by atoms with Crippen molar-refractivity contribution in [2.45, 2.75) is 4.90 Å². The van der Waals surface area contributed by atoms with Gasteiger partial charge in [0.2, 0.25) is 0 Å². The average molecular weight is 300 g/mol. The smallest absolute Gasteiger partial charge is 0.265 e. The predicted molar refractivity (Wildman–Crippen MR) is 86.8 cm³/mol. The van der Waals surface area contributed by atoms with E-state index in [9.17, 15) is 4.79 Å². The van der Waals surface area contributed by atoms with Crippen LogP contribution >= 0.6 is 11.8 Å². The number of hydrogen-bond donors (Lipinski definition) is 1. The van der Waals surface area contributed by atoms with Gasteiger partial charge in [0.1, 0.15) is 0 Å². The fourth-order valence-corrected chi connectivity index (χ4v) is 2.01. The molecule has 0 aromatic heterocycles.